The van der Waals surface area contributed by atoms with Crippen molar-refractivity contribution in [3.8, 4) is 5.75 Å². The molecule has 0 aliphatic rings. The maximum absolute atomic E-state index is 12.1. The largest absolute Gasteiger partial charge is 0.490 e. The van der Waals surface area contributed by atoms with Crippen LogP contribution in [-0.4, -0.2) is 43.4 Å². The number of hydrogen-bond donors (Lipinski definition) is 2. The monoisotopic (exact) mass is 304 g/mol. The van der Waals surface area contributed by atoms with E-state index in [0.717, 1.165) is 0 Å². The summed E-state index contributed by atoms with van der Waals surface area (Å²) in [6, 6.07) is 3.53. The molecule has 21 heavy (non-hydrogen) atoms. The number of ether oxygens (including phenoxy) is 1. The van der Waals surface area contributed by atoms with Crippen molar-refractivity contribution < 1.29 is 17.9 Å². The minimum Gasteiger partial charge on any atom is -0.490 e. The Morgan fingerprint density at radius 2 is 2.19 bits per heavy atom. The fourth-order valence-corrected chi connectivity index (χ4v) is 1.41. The summed E-state index contributed by atoms with van der Waals surface area (Å²) in [4.78, 5) is 7.75. The van der Waals surface area contributed by atoms with E-state index in [4.69, 9.17) is 4.74 Å². The van der Waals surface area contributed by atoms with Crippen LogP contribution in [0.1, 0.15) is 13.3 Å². The molecule has 0 aliphatic carbocycles. The second-order valence-electron chi connectivity index (χ2n) is 4.09. The molecule has 0 spiro atoms. The van der Waals surface area contributed by atoms with Gasteiger partial charge in [0.1, 0.15) is 12.4 Å². The normalized spacial score (nSPS) is 12.1. The highest BCUT2D eigenvalue weighted by Gasteiger charge is 2.26. The lowest BCUT2D eigenvalue weighted by Gasteiger charge is -2.12. The number of alkyl halides is 3. The van der Waals surface area contributed by atoms with Gasteiger partial charge in [0.05, 0.1) is 25.7 Å². The molecule has 0 amide bonds. The molecular formula is C13H19F3N4O. The average Bonchev–Trinajstić information content (AvgIpc) is 2.43. The lowest BCUT2D eigenvalue weighted by Crippen LogP contribution is -2.39. The van der Waals surface area contributed by atoms with E-state index in [0.29, 0.717) is 31.4 Å². The lowest BCUT2D eigenvalue weighted by atomic mass is 10.4. The third kappa shape index (κ3) is 8.72. The van der Waals surface area contributed by atoms with Crippen molar-refractivity contribution in [1.82, 2.24) is 15.6 Å². The van der Waals surface area contributed by atoms with Crippen LogP contribution in [0, 0.1) is 0 Å². The van der Waals surface area contributed by atoms with Gasteiger partial charge in [-0.3, -0.25) is 9.98 Å². The van der Waals surface area contributed by atoms with Crippen molar-refractivity contribution in [2.75, 3.05) is 26.2 Å². The van der Waals surface area contributed by atoms with Crippen LogP contribution < -0.4 is 15.4 Å². The minimum absolute atomic E-state index is 0.303. The Hall–Kier alpha value is -1.99. The van der Waals surface area contributed by atoms with Gasteiger partial charge >= 0.3 is 6.18 Å². The summed E-state index contributed by atoms with van der Waals surface area (Å²) < 4.78 is 41.6. The topological polar surface area (TPSA) is 58.5 Å². The van der Waals surface area contributed by atoms with Crippen molar-refractivity contribution in [2.24, 2.45) is 4.99 Å². The van der Waals surface area contributed by atoms with E-state index in [-0.39, 0.29) is 6.54 Å². The Labute approximate surface area is 121 Å². The van der Waals surface area contributed by atoms with Crippen LogP contribution in [0.4, 0.5) is 13.2 Å². The number of pyridine rings is 1. The molecule has 0 saturated carbocycles. The molecule has 0 atom stereocenters. The zero-order valence-electron chi connectivity index (χ0n) is 11.8. The van der Waals surface area contributed by atoms with Gasteiger partial charge in [-0.1, -0.05) is 0 Å². The minimum atomic E-state index is -4.19. The van der Waals surface area contributed by atoms with E-state index in [9.17, 15) is 13.2 Å². The number of halogens is 3. The molecule has 8 heteroatoms. The van der Waals surface area contributed by atoms with E-state index in [1.807, 2.05) is 6.92 Å². The second kappa shape index (κ2) is 9.04. The molecule has 5 nitrogen and oxygen atoms in total. The molecule has 0 fully saturated rings. The molecule has 0 unspecified atom stereocenters. The van der Waals surface area contributed by atoms with Crippen LogP contribution in [0.5, 0.6) is 5.75 Å². The van der Waals surface area contributed by atoms with Crippen molar-refractivity contribution in [3.05, 3.63) is 24.5 Å². The van der Waals surface area contributed by atoms with Gasteiger partial charge in [0.15, 0.2) is 5.96 Å². The summed E-state index contributed by atoms with van der Waals surface area (Å²) in [7, 11) is 0. The first-order valence-electron chi connectivity index (χ1n) is 6.63. The molecule has 1 heterocycles. The number of nitrogens with zero attached hydrogens (tertiary/aromatic N) is 2. The quantitative estimate of drug-likeness (QED) is 0.459. The number of hydrogen-bond acceptors (Lipinski definition) is 3. The van der Waals surface area contributed by atoms with E-state index < -0.39 is 12.6 Å². The van der Waals surface area contributed by atoms with Crippen molar-refractivity contribution >= 4 is 5.96 Å². The van der Waals surface area contributed by atoms with Gasteiger partial charge < -0.3 is 15.4 Å². The number of aromatic nitrogens is 1. The van der Waals surface area contributed by atoms with Crippen molar-refractivity contribution in [3.63, 3.8) is 0 Å². The Balaban J connectivity index is 2.28. The Kier molecular flexibility index (Phi) is 7.34. The molecule has 0 saturated heterocycles. The van der Waals surface area contributed by atoms with Gasteiger partial charge in [0.25, 0.3) is 0 Å². The Bertz CT molecular complexity index is 423. The van der Waals surface area contributed by atoms with Crippen LogP contribution in [0.3, 0.4) is 0 Å². The smallest absolute Gasteiger partial charge is 0.390 e. The summed E-state index contributed by atoms with van der Waals surface area (Å²) in [6.45, 7) is 2.89. The highest BCUT2D eigenvalue weighted by atomic mass is 19.4. The van der Waals surface area contributed by atoms with E-state index >= 15 is 0 Å². The summed E-state index contributed by atoms with van der Waals surface area (Å²) in [5.74, 6) is 0.981. The molecule has 0 radical (unpaired) electrons. The molecular weight excluding hydrogens is 285 g/mol. The standard InChI is InChI=1S/C13H19F3N4O/c1-2-18-12(19-7-5-13(14,15)16)20-8-9-21-11-4-3-6-17-10-11/h3-4,6,10H,2,5,7-9H2,1H3,(H2,18,19,20). The number of aliphatic imine (C=N–C) groups is 1. The van der Waals surface area contributed by atoms with Gasteiger partial charge in [0.2, 0.25) is 0 Å². The molecule has 1 aromatic heterocycles. The van der Waals surface area contributed by atoms with Crippen LogP contribution in [0.2, 0.25) is 0 Å². The predicted molar refractivity (Wildman–Crippen MR) is 74.4 cm³/mol. The maximum atomic E-state index is 12.1. The summed E-state index contributed by atoms with van der Waals surface area (Å²) in [5.41, 5.74) is 0. The molecule has 0 aliphatic heterocycles. The first-order chi connectivity index (χ1) is 10.0. The fraction of sp³-hybridized carbons (Fsp3) is 0.538. The van der Waals surface area contributed by atoms with Gasteiger partial charge in [-0.25, -0.2) is 0 Å². The number of nitrogens with one attached hydrogen (secondary N) is 2. The first kappa shape index (κ1) is 17.1. The van der Waals surface area contributed by atoms with Gasteiger partial charge in [-0.05, 0) is 19.1 Å². The van der Waals surface area contributed by atoms with E-state index in [1.165, 1.54) is 0 Å². The summed E-state index contributed by atoms with van der Waals surface area (Å²) >= 11 is 0. The maximum Gasteiger partial charge on any atom is 0.390 e. The predicted octanol–water partition coefficient (Wildman–Crippen LogP) is 1.97. The highest BCUT2D eigenvalue weighted by Crippen LogP contribution is 2.18. The third-order valence-electron chi connectivity index (χ3n) is 2.31. The Morgan fingerprint density at radius 1 is 1.38 bits per heavy atom. The fourth-order valence-electron chi connectivity index (χ4n) is 1.41. The first-order valence-corrected chi connectivity index (χ1v) is 6.63. The zero-order chi connectivity index (χ0) is 15.6. The van der Waals surface area contributed by atoms with E-state index in [2.05, 4.69) is 20.6 Å². The Morgan fingerprint density at radius 3 is 2.81 bits per heavy atom. The van der Waals surface area contributed by atoms with Crippen LogP contribution >= 0.6 is 0 Å². The van der Waals surface area contributed by atoms with Crippen molar-refractivity contribution in [2.45, 2.75) is 19.5 Å². The lowest BCUT2D eigenvalue weighted by molar-refractivity contribution is -0.132. The molecule has 0 aromatic carbocycles. The van der Waals surface area contributed by atoms with Gasteiger partial charge in [-0.2, -0.15) is 13.2 Å². The molecule has 2 N–H and O–H groups in total. The number of guanidine groups is 1. The highest BCUT2D eigenvalue weighted by molar-refractivity contribution is 5.79. The van der Waals surface area contributed by atoms with Crippen LogP contribution in [-0.2, 0) is 0 Å². The van der Waals surface area contributed by atoms with E-state index in [1.54, 1.807) is 24.5 Å². The third-order valence-corrected chi connectivity index (χ3v) is 2.31. The molecule has 0 bridgehead atoms. The zero-order valence-corrected chi connectivity index (χ0v) is 11.8. The van der Waals surface area contributed by atoms with Gasteiger partial charge in [-0.15, -0.1) is 0 Å². The van der Waals surface area contributed by atoms with Crippen LogP contribution in [0.15, 0.2) is 29.5 Å². The molecule has 1 rings (SSSR count). The molecule has 118 valence electrons. The SMILES string of the molecule is CCNC(=NCCC(F)(F)F)NCCOc1cccnc1. The second-order valence-corrected chi connectivity index (χ2v) is 4.09. The average molecular weight is 304 g/mol. The number of rotatable bonds is 7. The summed E-state index contributed by atoms with van der Waals surface area (Å²) in [5, 5.41) is 5.77. The van der Waals surface area contributed by atoms with Crippen molar-refractivity contribution in [1.29, 1.82) is 0 Å². The summed E-state index contributed by atoms with van der Waals surface area (Å²) in [6.07, 6.45) is -1.90. The van der Waals surface area contributed by atoms with Crippen LogP contribution in [0.25, 0.3) is 0 Å². The molecule has 1 aromatic rings. The van der Waals surface area contributed by atoms with Gasteiger partial charge in [0, 0.05) is 12.7 Å².